The van der Waals surface area contributed by atoms with E-state index < -0.39 is 24.1 Å². The average Bonchev–Trinajstić information content (AvgIpc) is 3.25. The number of carbonyl (C=O) groups excluding carboxylic acids is 1. The van der Waals surface area contributed by atoms with Gasteiger partial charge in [-0.25, -0.2) is 9.18 Å². The predicted molar refractivity (Wildman–Crippen MR) is 87.9 cm³/mol. The molecule has 1 unspecified atom stereocenters. The maximum atomic E-state index is 14.2. The van der Waals surface area contributed by atoms with Crippen molar-refractivity contribution in [2.45, 2.75) is 43.9 Å². The molecule has 1 aliphatic carbocycles. The van der Waals surface area contributed by atoms with Crippen LogP contribution in [0.15, 0.2) is 18.2 Å². The molecule has 1 aromatic rings. The number of alkyl halides is 1. The summed E-state index contributed by atoms with van der Waals surface area (Å²) in [4.78, 5) is 24.8. The molecule has 0 bridgehead atoms. The standard InChI is InChI=1S/C18H22FNO5/c1-24-15-10-12(6-7-14(15)25-13-4-2-3-5-13)16(21)20-9-8-18(19,11-20)17(22)23/h6-7,10,13H,2-5,8-9,11H2,1H3,(H,22,23). The van der Waals surface area contributed by atoms with E-state index in [2.05, 4.69) is 0 Å². The molecule has 1 aromatic carbocycles. The molecular formula is C18H22FNO5. The molecule has 0 spiro atoms. The third-order valence-electron chi connectivity index (χ3n) is 4.90. The number of hydrogen-bond acceptors (Lipinski definition) is 4. The molecule has 1 saturated carbocycles. The Morgan fingerprint density at radius 2 is 2.00 bits per heavy atom. The van der Waals surface area contributed by atoms with Gasteiger partial charge in [0.2, 0.25) is 5.67 Å². The summed E-state index contributed by atoms with van der Waals surface area (Å²) in [5, 5.41) is 8.95. The molecule has 1 amide bonds. The number of rotatable bonds is 5. The summed E-state index contributed by atoms with van der Waals surface area (Å²) in [6, 6.07) is 4.85. The maximum absolute atomic E-state index is 14.2. The van der Waals surface area contributed by atoms with Gasteiger partial charge < -0.3 is 19.5 Å². The quantitative estimate of drug-likeness (QED) is 0.883. The number of likely N-dealkylation sites (tertiary alicyclic amines) is 1. The van der Waals surface area contributed by atoms with Crippen LogP contribution in [0.2, 0.25) is 0 Å². The number of amides is 1. The second-order valence-corrected chi connectivity index (χ2v) is 6.64. The lowest BCUT2D eigenvalue weighted by Gasteiger charge is -2.19. The monoisotopic (exact) mass is 351 g/mol. The van der Waals surface area contributed by atoms with Crippen molar-refractivity contribution in [3.63, 3.8) is 0 Å². The molecule has 2 fully saturated rings. The summed E-state index contributed by atoms with van der Waals surface area (Å²) in [6.45, 7) is -0.367. The molecule has 1 N–H and O–H groups in total. The molecule has 2 aliphatic rings. The molecule has 3 rings (SSSR count). The third kappa shape index (κ3) is 3.55. The topological polar surface area (TPSA) is 76.1 Å². The summed E-state index contributed by atoms with van der Waals surface area (Å²) in [5.41, 5.74) is -2.05. The van der Waals surface area contributed by atoms with Gasteiger partial charge in [0.25, 0.3) is 5.91 Å². The number of hydrogen-bond donors (Lipinski definition) is 1. The van der Waals surface area contributed by atoms with Crippen molar-refractivity contribution in [3.8, 4) is 11.5 Å². The van der Waals surface area contributed by atoms with Gasteiger partial charge in [-0.1, -0.05) is 0 Å². The van der Waals surface area contributed by atoms with E-state index in [9.17, 15) is 14.0 Å². The van der Waals surface area contributed by atoms with Crippen LogP contribution in [-0.2, 0) is 4.79 Å². The summed E-state index contributed by atoms with van der Waals surface area (Å²) < 4.78 is 25.4. The number of carboxylic acids is 1. The van der Waals surface area contributed by atoms with E-state index in [4.69, 9.17) is 14.6 Å². The van der Waals surface area contributed by atoms with Gasteiger partial charge in [-0.3, -0.25) is 4.79 Å². The van der Waals surface area contributed by atoms with Crippen LogP contribution >= 0.6 is 0 Å². The smallest absolute Gasteiger partial charge is 0.343 e. The molecule has 1 atom stereocenters. The Morgan fingerprint density at radius 1 is 1.28 bits per heavy atom. The summed E-state index contributed by atoms with van der Waals surface area (Å²) >= 11 is 0. The molecule has 1 heterocycles. The Labute approximate surface area is 145 Å². The van der Waals surface area contributed by atoms with Crippen LogP contribution in [0.25, 0.3) is 0 Å². The summed E-state index contributed by atoms with van der Waals surface area (Å²) in [5.74, 6) is -0.911. The van der Waals surface area contributed by atoms with Gasteiger partial charge in [0.1, 0.15) is 0 Å². The van der Waals surface area contributed by atoms with Crippen LogP contribution in [0.1, 0.15) is 42.5 Å². The molecule has 1 saturated heterocycles. The van der Waals surface area contributed by atoms with Crippen LogP contribution in [0.3, 0.4) is 0 Å². The highest BCUT2D eigenvalue weighted by atomic mass is 19.1. The zero-order chi connectivity index (χ0) is 18.0. The van der Waals surface area contributed by atoms with Crippen LogP contribution < -0.4 is 9.47 Å². The minimum Gasteiger partial charge on any atom is -0.493 e. The lowest BCUT2D eigenvalue weighted by Crippen LogP contribution is -2.38. The molecule has 25 heavy (non-hydrogen) atoms. The van der Waals surface area contributed by atoms with Gasteiger partial charge >= 0.3 is 5.97 Å². The van der Waals surface area contributed by atoms with Crippen molar-refractivity contribution in [2.24, 2.45) is 0 Å². The molecule has 1 aliphatic heterocycles. The normalized spacial score (nSPS) is 23.7. The van der Waals surface area contributed by atoms with E-state index in [0.717, 1.165) is 25.7 Å². The fourth-order valence-electron chi connectivity index (χ4n) is 3.39. The Morgan fingerprint density at radius 3 is 2.60 bits per heavy atom. The van der Waals surface area contributed by atoms with E-state index in [-0.39, 0.29) is 19.1 Å². The number of benzene rings is 1. The zero-order valence-corrected chi connectivity index (χ0v) is 14.2. The van der Waals surface area contributed by atoms with Gasteiger partial charge in [0.15, 0.2) is 11.5 Å². The van der Waals surface area contributed by atoms with E-state index >= 15 is 0 Å². The molecule has 0 radical (unpaired) electrons. The Kier molecular flexibility index (Phi) is 4.83. The number of methoxy groups -OCH3 is 1. The second kappa shape index (κ2) is 6.90. The lowest BCUT2D eigenvalue weighted by molar-refractivity contribution is -0.149. The first kappa shape index (κ1) is 17.5. The number of carboxylic acid groups (broad SMARTS) is 1. The lowest BCUT2D eigenvalue weighted by atomic mass is 10.1. The van der Waals surface area contributed by atoms with Crippen LogP contribution in [-0.4, -0.2) is 53.9 Å². The fourth-order valence-corrected chi connectivity index (χ4v) is 3.39. The summed E-state index contributed by atoms with van der Waals surface area (Å²) in [6.07, 6.45) is 4.27. The van der Waals surface area contributed by atoms with Crippen molar-refractivity contribution >= 4 is 11.9 Å². The number of carbonyl (C=O) groups is 2. The van der Waals surface area contributed by atoms with Crippen molar-refractivity contribution < 1.29 is 28.6 Å². The largest absolute Gasteiger partial charge is 0.493 e. The molecular weight excluding hydrogens is 329 g/mol. The van der Waals surface area contributed by atoms with Crippen molar-refractivity contribution in [2.75, 3.05) is 20.2 Å². The fraction of sp³-hybridized carbons (Fsp3) is 0.556. The predicted octanol–water partition coefficient (Wildman–Crippen LogP) is 2.66. The minimum atomic E-state index is -2.37. The van der Waals surface area contributed by atoms with Crippen LogP contribution in [0.4, 0.5) is 4.39 Å². The van der Waals surface area contributed by atoms with E-state index in [1.54, 1.807) is 18.2 Å². The summed E-state index contributed by atoms with van der Waals surface area (Å²) in [7, 11) is 1.50. The van der Waals surface area contributed by atoms with Crippen molar-refractivity contribution in [1.82, 2.24) is 4.90 Å². The highest BCUT2D eigenvalue weighted by Crippen LogP contribution is 2.33. The molecule has 136 valence electrons. The second-order valence-electron chi connectivity index (χ2n) is 6.64. The Bertz CT molecular complexity index is 673. The first-order valence-corrected chi connectivity index (χ1v) is 8.49. The van der Waals surface area contributed by atoms with Gasteiger partial charge in [-0.2, -0.15) is 0 Å². The molecule has 0 aromatic heterocycles. The SMILES string of the molecule is COc1cc(C(=O)N2CCC(F)(C(=O)O)C2)ccc1OC1CCCC1. The molecule has 7 heteroatoms. The van der Waals surface area contributed by atoms with E-state index in [1.165, 1.54) is 12.0 Å². The van der Waals surface area contributed by atoms with Gasteiger partial charge in [-0.15, -0.1) is 0 Å². The van der Waals surface area contributed by atoms with E-state index in [1.807, 2.05) is 0 Å². The molecule has 6 nitrogen and oxygen atoms in total. The van der Waals surface area contributed by atoms with Crippen LogP contribution in [0.5, 0.6) is 11.5 Å². The average molecular weight is 351 g/mol. The number of aliphatic carboxylic acids is 1. The highest BCUT2D eigenvalue weighted by Gasteiger charge is 2.47. The third-order valence-corrected chi connectivity index (χ3v) is 4.90. The zero-order valence-electron chi connectivity index (χ0n) is 14.2. The number of ether oxygens (including phenoxy) is 2. The van der Waals surface area contributed by atoms with Gasteiger partial charge in [0.05, 0.1) is 19.8 Å². The van der Waals surface area contributed by atoms with Gasteiger partial charge in [0, 0.05) is 18.5 Å². The van der Waals surface area contributed by atoms with E-state index in [0.29, 0.717) is 17.1 Å². The van der Waals surface area contributed by atoms with Crippen molar-refractivity contribution in [3.05, 3.63) is 23.8 Å². The first-order valence-electron chi connectivity index (χ1n) is 8.49. The van der Waals surface area contributed by atoms with Crippen LogP contribution in [0, 0.1) is 0 Å². The Balaban J connectivity index is 1.74. The van der Waals surface area contributed by atoms with Crippen molar-refractivity contribution in [1.29, 1.82) is 0 Å². The highest BCUT2D eigenvalue weighted by molar-refractivity contribution is 5.96. The minimum absolute atomic E-state index is 0.0737. The maximum Gasteiger partial charge on any atom is 0.343 e. The van der Waals surface area contributed by atoms with Gasteiger partial charge in [-0.05, 0) is 43.9 Å². The number of halogens is 1. The Hall–Kier alpha value is -2.31. The first-order chi connectivity index (χ1) is 11.9. The number of nitrogens with zero attached hydrogens (tertiary/aromatic N) is 1.